The van der Waals surface area contributed by atoms with Gasteiger partial charge in [-0.3, -0.25) is 9.69 Å². The van der Waals surface area contributed by atoms with E-state index >= 15 is 0 Å². The van der Waals surface area contributed by atoms with Gasteiger partial charge in [0.2, 0.25) is 5.91 Å². The maximum absolute atomic E-state index is 12.2. The van der Waals surface area contributed by atoms with Gasteiger partial charge in [-0.15, -0.1) is 0 Å². The minimum absolute atomic E-state index is 0.0246. The van der Waals surface area contributed by atoms with Crippen LogP contribution in [0.5, 0.6) is 0 Å². The summed E-state index contributed by atoms with van der Waals surface area (Å²) in [5.74, 6) is 0.230. The Bertz CT molecular complexity index is 257. The van der Waals surface area contributed by atoms with Crippen molar-refractivity contribution in [3.8, 4) is 0 Å². The number of carbonyl (C=O) groups excluding carboxylic acids is 1. The third-order valence-electron chi connectivity index (χ3n) is 3.76. The van der Waals surface area contributed by atoms with Crippen LogP contribution in [0.3, 0.4) is 0 Å². The van der Waals surface area contributed by atoms with Gasteiger partial charge in [-0.2, -0.15) is 0 Å². The molecule has 0 aromatic carbocycles. The molecule has 4 nitrogen and oxygen atoms in total. The van der Waals surface area contributed by atoms with Crippen LogP contribution in [0.2, 0.25) is 0 Å². The van der Waals surface area contributed by atoms with E-state index in [0.717, 1.165) is 39.0 Å². The second-order valence-corrected chi connectivity index (χ2v) is 5.20. The zero-order valence-corrected chi connectivity index (χ0v) is 11.7. The standard InChI is InChI=1S/C13H27N3O/c1-5-8-13(14)9-16(10-13)11(4)12(17)15(6-2)7-3/h11H,5-10,14H2,1-4H3. The number of nitrogens with zero attached hydrogens (tertiary/aromatic N) is 2. The molecular weight excluding hydrogens is 214 g/mol. The van der Waals surface area contributed by atoms with Crippen LogP contribution in [-0.2, 0) is 4.79 Å². The molecule has 1 saturated heterocycles. The van der Waals surface area contributed by atoms with Crippen LogP contribution in [-0.4, -0.2) is 53.5 Å². The van der Waals surface area contributed by atoms with Crippen LogP contribution >= 0.6 is 0 Å². The molecule has 1 atom stereocenters. The number of amides is 1. The first kappa shape index (κ1) is 14.5. The van der Waals surface area contributed by atoms with E-state index in [4.69, 9.17) is 5.73 Å². The Morgan fingerprint density at radius 3 is 2.29 bits per heavy atom. The average Bonchev–Trinajstić information content (AvgIpc) is 2.26. The lowest BCUT2D eigenvalue weighted by molar-refractivity contribution is -0.139. The lowest BCUT2D eigenvalue weighted by atomic mass is 9.85. The molecule has 1 amide bonds. The van der Waals surface area contributed by atoms with Crippen LogP contribution in [0.4, 0.5) is 0 Å². The van der Waals surface area contributed by atoms with Gasteiger partial charge < -0.3 is 10.6 Å². The molecule has 0 spiro atoms. The fourth-order valence-corrected chi connectivity index (χ4v) is 2.65. The molecular formula is C13H27N3O. The highest BCUT2D eigenvalue weighted by molar-refractivity contribution is 5.81. The van der Waals surface area contributed by atoms with E-state index in [1.807, 2.05) is 25.7 Å². The summed E-state index contributed by atoms with van der Waals surface area (Å²) >= 11 is 0. The van der Waals surface area contributed by atoms with E-state index in [1.54, 1.807) is 0 Å². The van der Waals surface area contributed by atoms with Gasteiger partial charge in [0.15, 0.2) is 0 Å². The van der Waals surface area contributed by atoms with Crippen molar-refractivity contribution in [3.05, 3.63) is 0 Å². The molecule has 4 heteroatoms. The molecule has 0 bridgehead atoms. The Morgan fingerprint density at radius 1 is 1.35 bits per heavy atom. The molecule has 1 fully saturated rings. The minimum atomic E-state index is -0.0491. The van der Waals surface area contributed by atoms with Gasteiger partial charge in [-0.25, -0.2) is 0 Å². The fraction of sp³-hybridized carbons (Fsp3) is 0.923. The van der Waals surface area contributed by atoms with Crippen molar-refractivity contribution in [3.63, 3.8) is 0 Å². The number of likely N-dealkylation sites (N-methyl/N-ethyl adjacent to an activating group) is 1. The van der Waals surface area contributed by atoms with Crippen LogP contribution in [0.15, 0.2) is 0 Å². The predicted molar refractivity (Wildman–Crippen MR) is 70.8 cm³/mol. The Morgan fingerprint density at radius 2 is 1.88 bits per heavy atom. The normalized spacial score (nSPS) is 20.8. The molecule has 1 heterocycles. The van der Waals surface area contributed by atoms with Crippen molar-refractivity contribution in [2.24, 2.45) is 5.73 Å². The Hall–Kier alpha value is -0.610. The molecule has 1 unspecified atom stereocenters. The van der Waals surface area contributed by atoms with E-state index in [2.05, 4.69) is 11.8 Å². The number of carbonyl (C=O) groups is 1. The lowest BCUT2D eigenvalue weighted by Crippen LogP contribution is -2.70. The summed E-state index contributed by atoms with van der Waals surface area (Å²) in [6.45, 7) is 11.5. The molecule has 0 aromatic heterocycles. The first-order valence-electron chi connectivity index (χ1n) is 6.79. The summed E-state index contributed by atoms with van der Waals surface area (Å²) in [5.41, 5.74) is 6.17. The van der Waals surface area contributed by atoms with Crippen LogP contribution in [0.25, 0.3) is 0 Å². The monoisotopic (exact) mass is 241 g/mol. The molecule has 0 aromatic rings. The van der Waals surface area contributed by atoms with Crippen molar-refractivity contribution in [2.75, 3.05) is 26.2 Å². The smallest absolute Gasteiger partial charge is 0.239 e. The van der Waals surface area contributed by atoms with Gasteiger partial charge in [0, 0.05) is 31.7 Å². The lowest BCUT2D eigenvalue weighted by Gasteiger charge is -2.50. The summed E-state index contributed by atoms with van der Waals surface area (Å²) in [5, 5.41) is 0. The first-order valence-corrected chi connectivity index (χ1v) is 6.79. The summed E-state index contributed by atoms with van der Waals surface area (Å²) in [7, 11) is 0. The Balaban J connectivity index is 2.46. The van der Waals surface area contributed by atoms with Gasteiger partial charge in [-0.05, 0) is 27.2 Å². The zero-order chi connectivity index (χ0) is 13.1. The summed E-state index contributed by atoms with van der Waals surface area (Å²) < 4.78 is 0. The first-order chi connectivity index (χ1) is 7.97. The maximum atomic E-state index is 12.2. The van der Waals surface area contributed by atoms with Crippen molar-refractivity contribution in [1.82, 2.24) is 9.80 Å². The predicted octanol–water partition coefficient (Wildman–Crippen LogP) is 1.06. The molecule has 1 aliphatic rings. The Labute approximate surface area is 105 Å². The zero-order valence-electron chi connectivity index (χ0n) is 11.7. The molecule has 0 saturated carbocycles. The van der Waals surface area contributed by atoms with Crippen molar-refractivity contribution < 1.29 is 4.79 Å². The topological polar surface area (TPSA) is 49.6 Å². The van der Waals surface area contributed by atoms with Crippen molar-refractivity contribution in [2.45, 2.75) is 52.1 Å². The van der Waals surface area contributed by atoms with Crippen LogP contribution < -0.4 is 5.73 Å². The number of likely N-dealkylation sites (tertiary alicyclic amines) is 1. The molecule has 1 rings (SSSR count). The number of nitrogens with two attached hydrogens (primary N) is 1. The summed E-state index contributed by atoms with van der Waals surface area (Å²) in [6.07, 6.45) is 2.17. The van der Waals surface area contributed by atoms with E-state index in [9.17, 15) is 4.79 Å². The van der Waals surface area contributed by atoms with E-state index < -0.39 is 0 Å². The highest BCUT2D eigenvalue weighted by Gasteiger charge is 2.42. The molecule has 100 valence electrons. The van der Waals surface area contributed by atoms with Gasteiger partial charge >= 0.3 is 0 Å². The SMILES string of the molecule is CCCC1(N)CN(C(C)C(=O)N(CC)CC)C1. The second kappa shape index (κ2) is 5.83. The summed E-state index contributed by atoms with van der Waals surface area (Å²) in [6, 6.07) is -0.0246. The molecule has 0 radical (unpaired) electrons. The van der Waals surface area contributed by atoms with Crippen molar-refractivity contribution >= 4 is 5.91 Å². The van der Waals surface area contributed by atoms with Gasteiger partial charge in [0.1, 0.15) is 0 Å². The van der Waals surface area contributed by atoms with Crippen LogP contribution in [0.1, 0.15) is 40.5 Å². The molecule has 1 aliphatic heterocycles. The van der Waals surface area contributed by atoms with Crippen molar-refractivity contribution in [1.29, 1.82) is 0 Å². The largest absolute Gasteiger partial charge is 0.342 e. The van der Waals surface area contributed by atoms with Gasteiger partial charge in [0.05, 0.1) is 6.04 Å². The third kappa shape index (κ3) is 3.19. The van der Waals surface area contributed by atoms with E-state index in [-0.39, 0.29) is 17.5 Å². The third-order valence-corrected chi connectivity index (χ3v) is 3.76. The average molecular weight is 241 g/mol. The van der Waals surface area contributed by atoms with E-state index in [0.29, 0.717) is 0 Å². The highest BCUT2D eigenvalue weighted by atomic mass is 16.2. The molecule has 0 aliphatic carbocycles. The molecule has 17 heavy (non-hydrogen) atoms. The quantitative estimate of drug-likeness (QED) is 0.756. The maximum Gasteiger partial charge on any atom is 0.239 e. The number of hydrogen-bond acceptors (Lipinski definition) is 3. The van der Waals surface area contributed by atoms with Gasteiger partial charge in [-0.1, -0.05) is 13.3 Å². The Kier molecular flexibility index (Phi) is 4.95. The number of hydrogen-bond donors (Lipinski definition) is 1. The second-order valence-electron chi connectivity index (χ2n) is 5.20. The van der Waals surface area contributed by atoms with Crippen LogP contribution in [0, 0.1) is 0 Å². The highest BCUT2D eigenvalue weighted by Crippen LogP contribution is 2.25. The number of rotatable bonds is 6. The van der Waals surface area contributed by atoms with E-state index in [1.165, 1.54) is 0 Å². The molecule has 2 N–H and O–H groups in total. The van der Waals surface area contributed by atoms with Gasteiger partial charge in [0.25, 0.3) is 0 Å². The minimum Gasteiger partial charge on any atom is -0.342 e. The summed E-state index contributed by atoms with van der Waals surface area (Å²) in [4.78, 5) is 16.2. The fourth-order valence-electron chi connectivity index (χ4n) is 2.65.